The molecule has 0 aliphatic carbocycles. The molecule has 0 radical (unpaired) electrons. The van der Waals surface area contributed by atoms with Crippen LogP contribution in [-0.2, 0) is 4.74 Å². The summed E-state index contributed by atoms with van der Waals surface area (Å²) in [5, 5.41) is 6.29. The largest absolute Gasteiger partial charge is 0.367 e. The average Bonchev–Trinajstić information content (AvgIpc) is 1.90. The monoisotopic (exact) mass is 116 g/mol. The van der Waals surface area contributed by atoms with Gasteiger partial charge < -0.3 is 10.1 Å². The molecule has 0 aromatic carbocycles. The number of hydrogen-bond donors (Lipinski definition) is 2. The molecule has 0 aromatic heterocycles. The van der Waals surface area contributed by atoms with Crippen molar-refractivity contribution in [2.45, 2.75) is 12.6 Å². The molecule has 1 saturated heterocycles. The summed E-state index contributed by atoms with van der Waals surface area (Å²) in [7, 11) is 1.73. The molecule has 2 N–H and O–H groups in total. The predicted octanol–water partition coefficient (Wildman–Crippen LogP) is -0.501. The van der Waals surface area contributed by atoms with E-state index in [1.54, 1.807) is 7.11 Å². The van der Waals surface area contributed by atoms with Gasteiger partial charge in [0.15, 0.2) is 0 Å². The Morgan fingerprint density at radius 3 is 2.88 bits per heavy atom. The number of rotatable bonds is 1. The fraction of sp³-hybridized carbons (Fsp3) is 1.00. The van der Waals surface area contributed by atoms with E-state index in [0.717, 1.165) is 19.6 Å². The fourth-order valence-corrected chi connectivity index (χ4v) is 0.811. The van der Waals surface area contributed by atoms with E-state index in [4.69, 9.17) is 4.74 Å². The number of hydrogen-bond acceptors (Lipinski definition) is 3. The Morgan fingerprint density at radius 2 is 2.50 bits per heavy atom. The van der Waals surface area contributed by atoms with Crippen LogP contribution in [0.4, 0.5) is 0 Å². The maximum absolute atomic E-state index is 5.04. The van der Waals surface area contributed by atoms with Crippen LogP contribution in [0.25, 0.3) is 0 Å². The highest BCUT2D eigenvalue weighted by molar-refractivity contribution is 4.62. The minimum absolute atomic E-state index is 0.274. The fourth-order valence-electron chi connectivity index (χ4n) is 0.811. The molecule has 0 bridgehead atoms. The van der Waals surface area contributed by atoms with Crippen LogP contribution in [0.15, 0.2) is 0 Å². The molecule has 0 aromatic rings. The highest BCUT2D eigenvalue weighted by Crippen LogP contribution is 1.92. The van der Waals surface area contributed by atoms with Gasteiger partial charge in [0.25, 0.3) is 0 Å². The van der Waals surface area contributed by atoms with Crippen molar-refractivity contribution in [1.29, 1.82) is 0 Å². The lowest BCUT2D eigenvalue weighted by Gasteiger charge is -2.22. The van der Waals surface area contributed by atoms with Gasteiger partial charge in [0.1, 0.15) is 6.23 Å². The van der Waals surface area contributed by atoms with Crippen LogP contribution in [0, 0.1) is 0 Å². The van der Waals surface area contributed by atoms with Crippen LogP contribution in [0.5, 0.6) is 0 Å². The molecule has 0 amide bonds. The highest BCUT2D eigenvalue weighted by atomic mass is 16.5. The first-order valence-corrected chi connectivity index (χ1v) is 2.90. The summed E-state index contributed by atoms with van der Waals surface area (Å²) in [5.41, 5.74) is 0. The Morgan fingerprint density at radius 1 is 1.62 bits per heavy atom. The van der Waals surface area contributed by atoms with E-state index >= 15 is 0 Å². The molecule has 48 valence electrons. The molecular weight excluding hydrogens is 104 g/mol. The Labute approximate surface area is 49.4 Å². The normalized spacial score (nSPS) is 30.4. The molecule has 1 aliphatic rings. The Bertz CT molecular complexity index is 61.4. The lowest BCUT2D eigenvalue weighted by molar-refractivity contribution is 0.0520. The molecule has 1 rings (SSSR count). The molecule has 1 fully saturated rings. The lowest BCUT2D eigenvalue weighted by Crippen LogP contribution is -2.45. The molecule has 1 heterocycles. The second-order valence-corrected chi connectivity index (χ2v) is 1.89. The minimum atomic E-state index is 0.274. The van der Waals surface area contributed by atoms with Crippen LogP contribution < -0.4 is 10.6 Å². The van der Waals surface area contributed by atoms with Gasteiger partial charge in [-0.3, -0.25) is 5.32 Å². The minimum Gasteiger partial charge on any atom is -0.367 e. The summed E-state index contributed by atoms with van der Waals surface area (Å²) >= 11 is 0. The SMILES string of the molecule is COC1CCNCN1. The Hall–Kier alpha value is -0.120. The Kier molecular flexibility index (Phi) is 2.27. The molecule has 3 nitrogen and oxygen atoms in total. The smallest absolute Gasteiger partial charge is 0.109 e. The predicted molar refractivity (Wildman–Crippen MR) is 31.4 cm³/mol. The number of nitrogens with one attached hydrogen (secondary N) is 2. The third-order valence-corrected chi connectivity index (χ3v) is 1.32. The van der Waals surface area contributed by atoms with Crippen molar-refractivity contribution in [3.8, 4) is 0 Å². The van der Waals surface area contributed by atoms with Crippen molar-refractivity contribution in [3.63, 3.8) is 0 Å². The molecular formula is C5H12N2O. The quantitative estimate of drug-likeness (QED) is 0.484. The second-order valence-electron chi connectivity index (χ2n) is 1.89. The van der Waals surface area contributed by atoms with Crippen molar-refractivity contribution in [2.24, 2.45) is 0 Å². The van der Waals surface area contributed by atoms with Crippen LogP contribution in [0.1, 0.15) is 6.42 Å². The average molecular weight is 116 g/mol. The first-order chi connectivity index (χ1) is 3.93. The van der Waals surface area contributed by atoms with E-state index in [9.17, 15) is 0 Å². The molecule has 1 unspecified atom stereocenters. The van der Waals surface area contributed by atoms with Crippen molar-refractivity contribution >= 4 is 0 Å². The molecule has 8 heavy (non-hydrogen) atoms. The van der Waals surface area contributed by atoms with Crippen LogP contribution in [-0.4, -0.2) is 26.6 Å². The van der Waals surface area contributed by atoms with E-state index in [1.165, 1.54) is 0 Å². The van der Waals surface area contributed by atoms with Gasteiger partial charge in [0.05, 0.1) is 0 Å². The standard InChI is InChI=1S/C5H12N2O/c1-8-5-2-3-6-4-7-5/h5-7H,2-4H2,1H3. The van der Waals surface area contributed by atoms with Crippen LogP contribution in [0.3, 0.4) is 0 Å². The van der Waals surface area contributed by atoms with Gasteiger partial charge in [0.2, 0.25) is 0 Å². The third kappa shape index (κ3) is 1.43. The van der Waals surface area contributed by atoms with Crippen LogP contribution in [0.2, 0.25) is 0 Å². The zero-order valence-corrected chi connectivity index (χ0v) is 5.11. The van der Waals surface area contributed by atoms with Crippen molar-refractivity contribution in [2.75, 3.05) is 20.3 Å². The van der Waals surface area contributed by atoms with Crippen molar-refractivity contribution < 1.29 is 4.74 Å². The summed E-state index contributed by atoms with van der Waals surface area (Å²) in [5.74, 6) is 0. The molecule has 0 saturated carbocycles. The van der Waals surface area contributed by atoms with E-state index in [2.05, 4.69) is 10.6 Å². The van der Waals surface area contributed by atoms with Crippen molar-refractivity contribution in [3.05, 3.63) is 0 Å². The molecule has 0 spiro atoms. The second kappa shape index (κ2) is 3.02. The number of methoxy groups -OCH3 is 1. The van der Waals surface area contributed by atoms with Crippen LogP contribution >= 0.6 is 0 Å². The summed E-state index contributed by atoms with van der Waals surface area (Å²) in [6.45, 7) is 1.93. The third-order valence-electron chi connectivity index (χ3n) is 1.32. The summed E-state index contributed by atoms with van der Waals surface area (Å²) in [6.07, 6.45) is 1.34. The van der Waals surface area contributed by atoms with Gasteiger partial charge in [-0.05, 0) is 6.42 Å². The van der Waals surface area contributed by atoms with E-state index < -0.39 is 0 Å². The number of ether oxygens (including phenoxy) is 1. The van der Waals surface area contributed by atoms with Gasteiger partial charge >= 0.3 is 0 Å². The molecule has 3 heteroatoms. The maximum Gasteiger partial charge on any atom is 0.109 e. The Balaban J connectivity index is 2.13. The van der Waals surface area contributed by atoms with Gasteiger partial charge in [-0.2, -0.15) is 0 Å². The summed E-state index contributed by atoms with van der Waals surface area (Å²) in [4.78, 5) is 0. The first kappa shape index (κ1) is 6.01. The van der Waals surface area contributed by atoms with Gasteiger partial charge in [0, 0.05) is 20.3 Å². The molecule has 1 atom stereocenters. The molecule has 1 aliphatic heterocycles. The first-order valence-electron chi connectivity index (χ1n) is 2.90. The maximum atomic E-state index is 5.04. The lowest BCUT2D eigenvalue weighted by atomic mass is 10.3. The van der Waals surface area contributed by atoms with E-state index in [-0.39, 0.29) is 6.23 Å². The summed E-state index contributed by atoms with van der Waals surface area (Å²) < 4.78 is 5.04. The summed E-state index contributed by atoms with van der Waals surface area (Å²) in [6, 6.07) is 0. The zero-order valence-electron chi connectivity index (χ0n) is 5.11. The topological polar surface area (TPSA) is 33.3 Å². The van der Waals surface area contributed by atoms with Gasteiger partial charge in [-0.15, -0.1) is 0 Å². The van der Waals surface area contributed by atoms with E-state index in [1.807, 2.05) is 0 Å². The highest BCUT2D eigenvalue weighted by Gasteiger charge is 2.08. The van der Waals surface area contributed by atoms with Gasteiger partial charge in [-0.1, -0.05) is 0 Å². The van der Waals surface area contributed by atoms with Gasteiger partial charge in [-0.25, -0.2) is 0 Å². The van der Waals surface area contributed by atoms with E-state index in [0.29, 0.717) is 0 Å². The van der Waals surface area contributed by atoms with Crippen molar-refractivity contribution in [1.82, 2.24) is 10.6 Å². The zero-order chi connectivity index (χ0) is 5.82.